The van der Waals surface area contributed by atoms with Gasteiger partial charge < -0.3 is 10.1 Å². The summed E-state index contributed by atoms with van der Waals surface area (Å²) in [6.07, 6.45) is 1.73. The standard InChI is InChI=1S/C13H10IN3O/c1-7-4-5-15-13-11(7)16-12(17-13)9-6-8(14)2-3-10(9)18/h2-6,18H,1H3,(H,15,16,17). The number of H-pyrrole nitrogens is 1. The van der Waals surface area contributed by atoms with Gasteiger partial charge in [-0.3, -0.25) is 0 Å². The van der Waals surface area contributed by atoms with Crippen molar-refractivity contribution in [3.8, 4) is 17.1 Å². The van der Waals surface area contributed by atoms with Gasteiger partial charge in [0.25, 0.3) is 0 Å². The van der Waals surface area contributed by atoms with Crippen LogP contribution in [0.5, 0.6) is 5.75 Å². The van der Waals surface area contributed by atoms with Gasteiger partial charge in [-0.05, 0) is 59.3 Å². The Morgan fingerprint density at radius 1 is 1.28 bits per heavy atom. The smallest absolute Gasteiger partial charge is 0.178 e. The Morgan fingerprint density at radius 2 is 2.11 bits per heavy atom. The van der Waals surface area contributed by atoms with Crippen LogP contribution >= 0.6 is 22.6 Å². The summed E-state index contributed by atoms with van der Waals surface area (Å²) in [5, 5.41) is 9.90. The number of phenolic OH excluding ortho intramolecular Hbond substituents is 1. The van der Waals surface area contributed by atoms with Gasteiger partial charge in [0.1, 0.15) is 11.6 Å². The molecule has 2 heterocycles. The lowest BCUT2D eigenvalue weighted by Gasteiger charge is -2.01. The van der Waals surface area contributed by atoms with E-state index in [1.165, 1.54) is 0 Å². The van der Waals surface area contributed by atoms with E-state index in [4.69, 9.17) is 0 Å². The van der Waals surface area contributed by atoms with E-state index in [0.29, 0.717) is 17.0 Å². The van der Waals surface area contributed by atoms with Crippen molar-refractivity contribution in [2.45, 2.75) is 6.92 Å². The number of nitrogens with zero attached hydrogens (tertiary/aromatic N) is 2. The predicted molar refractivity (Wildman–Crippen MR) is 78.4 cm³/mol. The molecule has 1 aromatic carbocycles. The van der Waals surface area contributed by atoms with Crippen molar-refractivity contribution in [3.63, 3.8) is 0 Å². The molecule has 0 saturated heterocycles. The topological polar surface area (TPSA) is 61.8 Å². The van der Waals surface area contributed by atoms with Gasteiger partial charge in [-0.2, -0.15) is 0 Å². The van der Waals surface area contributed by atoms with Crippen molar-refractivity contribution in [3.05, 3.63) is 39.6 Å². The first-order valence-electron chi connectivity index (χ1n) is 5.45. The molecule has 3 rings (SSSR count). The van der Waals surface area contributed by atoms with E-state index in [9.17, 15) is 5.11 Å². The van der Waals surface area contributed by atoms with Crippen LogP contribution in [0.25, 0.3) is 22.6 Å². The second kappa shape index (κ2) is 4.24. The van der Waals surface area contributed by atoms with Gasteiger partial charge in [-0.1, -0.05) is 0 Å². The molecule has 0 fully saturated rings. The number of rotatable bonds is 1. The Bertz CT molecular complexity index is 736. The molecule has 0 saturated carbocycles. The number of halogens is 1. The highest BCUT2D eigenvalue weighted by Gasteiger charge is 2.11. The summed E-state index contributed by atoms with van der Waals surface area (Å²) in [6.45, 7) is 2.00. The number of nitrogens with one attached hydrogen (secondary N) is 1. The van der Waals surface area contributed by atoms with Crippen molar-refractivity contribution >= 4 is 33.8 Å². The quantitative estimate of drug-likeness (QED) is 0.662. The van der Waals surface area contributed by atoms with Crippen LogP contribution in [0.1, 0.15) is 5.56 Å². The number of fused-ring (bicyclic) bond motifs is 1. The first-order valence-corrected chi connectivity index (χ1v) is 6.53. The Kier molecular flexibility index (Phi) is 2.70. The fourth-order valence-corrected chi connectivity index (χ4v) is 2.35. The monoisotopic (exact) mass is 351 g/mol. The number of hydrogen-bond donors (Lipinski definition) is 2. The van der Waals surface area contributed by atoms with E-state index in [0.717, 1.165) is 14.7 Å². The van der Waals surface area contributed by atoms with Gasteiger partial charge in [-0.25, -0.2) is 9.97 Å². The van der Waals surface area contributed by atoms with Gasteiger partial charge >= 0.3 is 0 Å². The van der Waals surface area contributed by atoms with Crippen LogP contribution in [0, 0.1) is 10.5 Å². The summed E-state index contributed by atoms with van der Waals surface area (Å²) in [6, 6.07) is 7.35. The Hall–Kier alpha value is -1.63. The molecule has 0 unspecified atom stereocenters. The van der Waals surface area contributed by atoms with Crippen LogP contribution in [0.2, 0.25) is 0 Å². The molecule has 4 nitrogen and oxygen atoms in total. The lowest BCUT2D eigenvalue weighted by atomic mass is 10.2. The number of aromatic hydroxyl groups is 1. The van der Waals surface area contributed by atoms with Crippen molar-refractivity contribution in [2.75, 3.05) is 0 Å². The molecule has 2 aromatic heterocycles. The van der Waals surface area contributed by atoms with Gasteiger partial charge in [0.15, 0.2) is 5.65 Å². The Balaban J connectivity index is 2.26. The molecule has 0 aliphatic rings. The van der Waals surface area contributed by atoms with Crippen molar-refractivity contribution in [1.82, 2.24) is 15.0 Å². The highest BCUT2D eigenvalue weighted by Crippen LogP contribution is 2.30. The Labute approximate surface area is 117 Å². The lowest BCUT2D eigenvalue weighted by molar-refractivity contribution is 0.477. The number of imidazole rings is 1. The maximum Gasteiger partial charge on any atom is 0.178 e. The van der Waals surface area contributed by atoms with Crippen LogP contribution in [0.4, 0.5) is 0 Å². The number of aromatic nitrogens is 3. The van der Waals surface area contributed by atoms with Crippen LogP contribution in [0.3, 0.4) is 0 Å². The molecule has 0 radical (unpaired) electrons. The normalized spacial score (nSPS) is 11.0. The van der Waals surface area contributed by atoms with E-state index in [1.54, 1.807) is 12.3 Å². The molecule has 90 valence electrons. The van der Waals surface area contributed by atoms with Crippen LogP contribution in [0.15, 0.2) is 30.5 Å². The fraction of sp³-hybridized carbons (Fsp3) is 0.0769. The van der Waals surface area contributed by atoms with Gasteiger partial charge in [0.2, 0.25) is 0 Å². The molecule has 2 N–H and O–H groups in total. The summed E-state index contributed by atoms with van der Waals surface area (Å²) < 4.78 is 1.05. The summed E-state index contributed by atoms with van der Waals surface area (Å²) in [5.41, 5.74) is 3.36. The number of aromatic amines is 1. The molecule has 0 bridgehead atoms. The minimum Gasteiger partial charge on any atom is -0.507 e. The molecule has 0 atom stereocenters. The van der Waals surface area contributed by atoms with Crippen LogP contribution in [-0.4, -0.2) is 20.1 Å². The van der Waals surface area contributed by atoms with Gasteiger partial charge in [-0.15, -0.1) is 0 Å². The van der Waals surface area contributed by atoms with Gasteiger partial charge in [0.05, 0.1) is 11.1 Å². The molecule has 0 aliphatic heterocycles. The molecule has 18 heavy (non-hydrogen) atoms. The average molecular weight is 351 g/mol. The minimum absolute atomic E-state index is 0.215. The van der Waals surface area contributed by atoms with E-state index in [2.05, 4.69) is 37.5 Å². The lowest BCUT2D eigenvalue weighted by Crippen LogP contribution is -1.83. The van der Waals surface area contributed by atoms with E-state index in [1.807, 2.05) is 25.1 Å². The summed E-state index contributed by atoms with van der Waals surface area (Å²) in [4.78, 5) is 11.8. The second-order valence-corrected chi connectivity index (χ2v) is 5.32. The third-order valence-corrected chi connectivity index (χ3v) is 3.49. The molecular weight excluding hydrogens is 341 g/mol. The third kappa shape index (κ3) is 1.84. The highest BCUT2D eigenvalue weighted by molar-refractivity contribution is 14.1. The number of hydrogen-bond acceptors (Lipinski definition) is 3. The first-order chi connectivity index (χ1) is 8.65. The summed E-state index contributed by atoms with van der Waals surface area (Å²) in [5.74, 6) is 0.856. The number of pyridine rings is 1. The summed E-state index contributed by atoms with van der Waals surface area (Å²) >= 11 is 2.21. The zero-order valence-corrected chi connectivity index (χ0v) is 11.8. The van der Waals surface area contributed by atoms with E-state index < -0.39 is 0 Å². The first kappa shape index (κ1) is 11.5. The minimum atomic E-state index is 0.215. The zero-order valence-electron chi connectivity index (χ0n) is 9.61. The van der Waals surface area contributed by atoms with E-state index >= 15 is 0 Å². The van der Waals surface area contributed by atoms with Crippen molar-refractivity contribution in [1.29, 1.82) is 0 Å². The molecular formula is C13H10IN3O. The predicted octanol–water partition coefficient (Wildman–Crippen LogP) is 3.24. The Morgan fingerprint density at radius 3 is 2.89 bits per heavy atom. The van der Waals surface area contributed by atoms with Crippen molar-refractivity contribution < 1.29 is 5.11 Å². The summed E-state index contributed by atoms with van der Waals surface area (Å²) in [7, 11) is 0. The molecule has 3 aromatic rings. The van der Waals surface area contributed by atoms with E-state index in [-0.39, 0.29) is 5.75 Å². The molecule has 0 amide bonds. The zero-order chi connectivity index (χ0) is 12.7. The average Bonchev–Trinajstić information content (AvgIpc) is 2.77. The maximum atomic E-state index is 9.90. The molecule has 0 spiro atoms. The highest BCUT2D eigenvalue weighted by atomic mass is 127. The van der Waals surface area contributed by atoms with Crippen LogP contribution in [-0.2, 0) is 0 Å². The SMILES string of the molecule is Cc1ccnc2nc(-c3cc(I)ccc3O)[nH]c12. The molecule has 5 heteroatoms. The van der Waals surface area contributed by atoms with Gasteiger partial charge in [0, 0.05) is 9.77 Å². The third-order valence-electron chi connectivity index (χ3n) is 2.81. The molecule has 0 aliphatic carbocycles. The number of aryl methyl sites for hydroxylation is 1. The largest absolute Gasteiger partial charge is 0.507 e. The number of benzene rings is 1. The maximum absolute atomic E-state index is 9.90. The van der Waals surface area contributed by atoms with Crippen molar-refractivity contribution in [2.24, 2.45) is 0 Å². The fourth-order valence-electron chi connectivity index (χ4n) is 1.86. The van der Waals surface area contributed by atoms with Crippen LogP contribution < -0.4 is 0 Å². The number of phenols is 1. The second-order valence-electron chi connectivity index (χ2n) is 4.07.